The van der Waals surface area contributed by atoms with E-state index in [1.807, 2.05) is 55.7 Å². The minimum absolute atomic E-state index is 0.0781. The molecule has 0 atom stereocenters. The molecular weight excluding hydrogens is 284 g/mol. The van der Waals surface area contributed by atoms with Crippen LogP contribution in [0.25, 0.3) is 0 Å². The Hall–Kier alpha value is -2.39. The summed E-state index contributed by atoms with van der Waals surface area (Å²) in [6.45, 7) is 2.90. The van der Waals surface area contributed by atoms with E-state index in [0.29, 0.717) is 0 Å². The number of aryl methyl sites for hydroxylation is 2. The minimum Gasteiger partial charge on any atom is -0.395 e. The molecule has 0 saturated carbocycles. The molecule has 0 saturated heterocycles. The average Bonchev–Trinajstić information content (AvgIpc) is 3.03. The largest absolute Gasteiger partial charge is 0.395 e. The number of nitrogens with zero attached hydrogens (tertiary/aromatic N) is 2. The van der Waals surface area contributed by atoms with Crippen LogP contribution in [0.3, 0.4) is 0 Å². The van der Waals surface area contributed by atoms with Gasteiger partial charge in [-0.15, -0.1) is 0 Å². The van der Waals surface area contributed by atoms with E-state index in [2.05, 4.69) is 33.8 Å². The lowest BCUT2D eigenvalue weighted by molar-refractivity contribution is 0.206. The predicted octanol–water partition coefficient (Wildman–Crippen LogP) is 3.56. The predicted molar refractivity (Wildman–Crippen MR) is 92.3 cm³/mol. The van der Waals surface area contributed by atoms with Crippen LogP contribution in [0.1, 0.15) is 23.4 Å². The zero-order valence-electron chi connectivity index (χ0n) is 13.4. The van der Waals surface area contributed by atoms with Crippen LogP contribution in [-0.2, 0) is 12.0 Å². The van der Waals surface area contributed by atoms with Gasteiger partial charge in [0.05, 0.1) is 6.61 Å². The molecule has 3 rings (SSSR count). The van der Waals surface area contributed by atoms with Crippen molar-refractivity contribution in [2.75, 3.05) is 6.61 Å². The van der Waals surface area contributed by atoms with Gasteiger partial charge in [0, 0.05) is 24.4 Å². The molecule has 118 valence electrons. The Bertz CT molecular complexity index is 695. The highest BCUT2D eigenvalue weighted by atomic mass is 16.3. The first-order valence-electron chi connectivity index (χ1n) is 7.96. The summed E-state index contributed by atoms with van der Waals surface area (Å²) in [7, 11) is 0. The van der Waals surface area contributed by atoms with Crippen molar-refractivity contribution in [1.29, 1.82) is 0 Å². The Labute approximate surface area is 137 Å². The lowest BCUT2D eigenvalue weighted by atomic mass is 9.72. The van der Waals surface area contributed by atoms with Gasteiger partial charge in [0.1, 0.15) is 5.82 Å². The van der Waals surface area contributed by atoms with Gasteiger partial charge >= 0.3 is 0 Å². The normalized spacial score (nSPS) is 11.6. The zero-order chi connectivity index (χ0) is 16.1. The molecule has 0 amide bonds. The molecule has 0 aliphatic carbocycles. The molecule has 3 heteroatoms. The number of imidazole rings is 1. The summed E-state index contributed by atoms with van der Waals surface area (Å²) in [4.78, 5) is 4.29. The molecule has 1 N–H and O–H groups in total. The second-order valence-corrected chi connectivity index (χ2v) is 5.89. The number of aliphatic hydroxyl groups excluding tert-OH is 1. The highest BCUT2D eigenvalue weighted by molar-refractivity contribution is 5.39. The Morgan fingerprint density at radius 2 is 1.52 bits per heavy atom. The molecule has 0 bridgehead atoms. The van der Waals surface area contributed by atoms with E-state index < -0.39 is 5.41 Å². The van der Waals surface area contributed by atoms with Crippen LogP contribution in [0.5, 0.6) is 0 Å². The third-order valence-corrected chi connectivity index (χ3v) is 4.63. The number of rotatable bonds is 6. The fourth-order valence-corrected chi connectivity index (χ4v) is 3.18. The maximum absolute atomic E-state index is 10.4. The molecular formula is C20H22N2O. The van der Waals surface area contributed by atoms with Crippen molar-refractivity contribution in [1.82, 2.24) is 9.55 Å². The van der Waals surface area contributed by atoms with E-state index in [4.69, 9.17) is 0 Å². The molecule has 0 fully saturated rings. The van der Waals surface area contributed by atoms with Crippen molar-refractivity contribution in [3.05, 3.63) is 90.0 Å². The van der Waals surface area contributed by atoms with Crippen molar-refractivity contribution in [3.63, 3.8) is 0 Å². The first kappa shape index (κ1) is 15.5. The number of hydrogen-bond acceptors (Lipinski definition) is 2. The van der Waals surface area contributed by atoms with Gasteiger partial charge in [0.25, 0.3) is 0 Å². The van der Waals surface area contributed by atoms with Gasteiger partial charge in [-0.3, -0.25) is 0 Å². The zero-order valence-corrected chi connectivity index (χ0v) is 13.4. The van der Waals surface area contributed by atoms with Crippen molar-refractivity contribution in [2.24, 2.45) is 0 Å². The highest BCUT2D eigenvalue weighted by Gasteiger charge is 2.33. The van der Waals surface area contributed by atoms with Crippen LogP contribution < -0.4 is 0 Å². The van der Waals surface area contributed by atoms with Crippen LogP contribution in [0, 0.1) is 6.92 Å². The maximum atomic E-state index is 10.4. The van der Waals surface area contributed by atoms with E-state index in [1.54, 1.807) is 0 Å². The molecule has 23 heavy (non-hydrogen) atoms. The summed E-state index contributed by atoms with van der Waals surface area (Å²) in [5.74, 6) is 0.998. The number of hydrogen-bond donors (Lipinski definition) is 1. The first-order chi connectivity index (χ1) is 11.3. The molecule has 1 heterocycles. The van der Waals surface area contributed by atoms with E-state index in [9.17, 15) is 5.11 Å². The van der Waals surface area contributed by atoms with Gasteiger partial charge in [-0.05, 0) is 24.5 Å². The standard InChI is InChI=1S/C20H22N2O/c1-17-21-13-15-22(17)14-12-20(16-23,18-8-4-2-5-9-18)19-10-6-3-7-11-19/h2-11,13,15,23H,12,14,16H2,1H3. The smallest absolute Gasteiger partial charge is 0.105 e. The van der Waals surface area contributed by atoms with Crippen LogP contribution in [0.15, 0.2) is 73.1 Å². The molecule has 1 aromatic heterocycles. The summed E-state index contributed by atoms with van der Waals surface area (Å²) in [5.41, 5.74) is 1.89. The average molecular weight is 306 g/mol. The SMILES string of the molecule is Cc1nccn1CCC(CO)(c1ccccc1)c1ccccc1. The van der Waals surface area contributed by atoms with Gasteiger partial charge in [0.2, 0.25) is 0 Å². The van der Waals surface area contributed by atoms with Crippen LogP contribution >= 0.6 is 0 Å². The third-order valence-electron chi connectivity index (χ3n) is 4.63. The minimum atomic E-state index is -0.404. The van der Waals surface area contributed by atoms with E-state index in [1.165, 1.54) is 0 Å². The van der Waals surface area contributed by atoms with E-state index in [0.717, 1.165) is 29.9 Å². The summed E-state index contributed by atoms with van der Waals surface area (Å²) in [5, 5.41) is 10.4. The molecule has 0 unspecified atom stereocenters. The Kier molecular flexibility index (Phi) is 4.58. The molecule has 0 spiro atoms. The molecule has 0 aliphatic heterocycles. The highest BCUT2D eigenvalue weighted by Crippen LogP contribution is 2.35. The summed E-state index contributed by atoms with van der Waals surface area (Å²) >= 11 is 0. The number of aliphatic hydroxyl groups is 1. The third kappa shape index (κ3) is 3.06. The molecule has 0 radical (unpaired) electrons. The number of aromatic nitrogens is 2. The molecule has 2 aromatic carbocycles. The summed E-state index contributed by atoms with van der Waals surface area (Å²) < 4.78 is 2.14. The van der Waals surface area contributed by atoms with E-state index in [-0.39, 0.29) is 6.61 Å². The van der Waals surface area contributed by atoms with E-state index >= 15 is 0 Å². The Morgan fingerprint density at radius 3 is 1.96 bits per heavy atom. The Balaban J connectivity index is 2.00. The second kappa shape index (κ2) is 6.80. The van der Waals surface area contributed by atoms with Crippen molar-refractivity contribution >= 4 is 0 Å². The molecule has 3 aromatic rings. The topological polar surface area (TPSA) is 38.0 Å². The van der Waals surface area contributed by atoms with Gasteiger partial charge in [-0.1, -0.05) is 60.7 Å². The van der Waals surface area contributed by atoms with Crippen molar-refractivity contribution in [2.45, 2.75) is 25.3 Å². The second-order valence-electron chi connectivity index (χ2n) is 5.89. The van der Waals surface area contributed by atoms with Gasteiger partial charge < -0.3 is 9.67 Å². The fraction of sp³-hybridized carbons (Fsp3) is 0.250. The van der Waals surface area contributed by atoms with Crippen LogP contribution in [0.2, 0.25) is 0 Å². The molecule has 3 nitrogen and oxygen atoms in total. The van der Waals surface area contributed by atoms with Gasteiger partial charge in [0.15, 0.2) is 0 Å². The van der Waals surface area contributed by atoms with Gasteiger partial charge in [-0.25, -0.2) is 4.98 Å². The van der Waals surface area contributed by atoms with Crippen LogP contribution in [0.4, 0.5) is 0 Å². The van der Waals surface area contributed by atoms with Crippen LogP contribution in [-0.4, -0.2) is 21.3 Å². The lowest BCUT2D eigenvalue weighted by Gasteiger charge is -2.33. The van der Waals surface area contributed by atoms with Crippen molar-refractivity contribution in [3.8, 4) is 0 Å². The monoisotopic (exact) mass is 306 g/mol. The first-order valence-corrected chi connectivity index (χ1v) is 7.96. The quantitative estimate of drug-likeness (QED) is 0.756. The Morgan fingerprint density at radius 1 is 0.957 bits per heavy atom. The van der Waals surface area contributed by atoms with Crippen molar-refractivity contribution < 1.29 is 5.11 Å². The summed E-state index contributed by atoms with van der Waals surface area (Å²) in [6.07, 6.45) is 4.63. The maximum Gasteiger partial charge on any atom is 0.105 e. The fourth-order valence-electron chi connectivity index (χ4n) is 3.18. The lowest BCUT2D eigenvalue weighted by Crippen LogP contribution is -2.33. The summed E-state index contributed by atoms with van der Waals surface area (Å²) in [6, 6.07) is 20.6. The molecule has 0 aliphatic rings. The number of benzene rings is 2. The van der Waals surface area contributed by atoms with Gasteiger partial charge in [-0.2, -0.15) is 0 Å².